The lowest BCUT2D eigenvalue weighted by molar-refractivity contribution is -0.384. The van der Waals surface area contributed by atoms with Gasteiger partial charge in [-0.1, -0.05) is 12.1 Å². The third kappa shape index (κ3) is 3.97. The van der Waals surface area contributed by atoms with Gasteiger partial charge in [-0.15, -0.1) is 0 Å². The molecule has 3 rings (SSSR count). The molecule has 1 aromatic carbocycles. The van der Waals surface area contributed by atoms with Crippen molar-refractivity contribution in [3.8, 4) is 0 Å². The molecule has 0 radical (unpaired) electrons. The SMILES string of the molecule is O=[N+]([O-])c1ccc(Cc2ccnc(Cc3ccncc3)c2)cc1. The topological polar surface area (TPSA) is 68.9 Å². The van der Waals surface area contributed by atoms with Gasteiger partial charge in [0.25, 0.3) is 5.69 Å². The number of nitro groups is 1. The first kappa shape index (κ1) is 14.8. The third-order valence-corrected chi connectivity index (χ3v) is 3.57. The second-order valence-corrected chi connectivity index (χ2v) is 5.29. The van der Waals surface area contributed by atoms with E-state index >= 15 is 0 Å². The minimum atomic E-state index is -0.386. The van der Waals surface area contributed by atoms with Gasteiger partial charge in [0.05, 0.1) is 4.92 Å². The van der Waals surface area contributed by atoms with Crippen molar-refractivity contribution in [2.45, 2.75) is 12.8 Å². The van der Waals surface area contributed by atoms with Gasteiger partial charge < -0.3 is 0 Å². The highest BCUT2D eigenvalue weighted by atomic mass is 16.6. The standard InChI is InChI=1S/C18H15N3O2/c22-21(23)18-3-1-14(2-4-18)11-16-7-10-20-17(13-16)12-15-5-8-19-9-6-15/h1-10,13H,11-12H2. The van der Waals surface area contributed by atoms with Gasteiger partial charge in [0.2, 0.25) is 0 Å². The minimum Gasteiger partial charge on any atom is -0.265 e. The lowest BCUT2D eigenvalue weighted by Gasteiger charge is -2.05. The van der Waals surface area contributed by atoms with Gasteiger partial charge in [-0.05, 0) is 47.4 Å². The smallest absolute Gasteiger partial charge is 0.265 e. The van der Waals surface area contributed by atoms with Crippen molar-refractivity contribution in [1.29, 1.82) is 0 Å². The Hall–Kier alpha value is -3.08. The molecule has 0 unspecified atom stereocenters. The maximum absolute atomic E-state index is 10.7. The van der Waals surface area contributed by atoms with Crippen LogP contribution >= 0.6 is 0 Å². The molecular weight excluding hydrogens is 290 g/mol. The molecule has 0 spiro atoms. The number of benzene rings is 1. The molecule has 0 aliphatic heterocycles. The molecule has 5 heteroatoms. The lowest BCUT2D eigenvalue weighted by Crippen LogP contribution is -1.96. The number of pyridine rings is 2. The number of aromatic nitrogens is 2. The molecule has 0 saturated heterocycles. The molecular formula is C18H15N3O2. The fraction of sp³-hybridized carbons (Fsp3) is 0.111. The van der Waals surface area contributed by atoms with Crippen LogP contribution in [0.25, 0.3) is 0 Å². The van der Waals surface area contributed by atoms with Gasteiger partial charge in [0.15, 0.2) is 0 Å². The van der Waals surface area contributed by atoms with Crippen LogP contribution in [-0.4, -0.2) is 14.9 Å². The molecule has 0 N–H and O–H groups in total. The number of non-ortho nitro benzene ring substituents is 1. The van der Waals surface area contributed by atoms with E-state index in [0.29, 0.717) is 0 Å². The van der Waals surface area contributed by atoms with E-state index in [0.717, 1.165) is 29.7 Å². The highest BCUT2D eigenvalue weighted by Gasteiger charge is 2.05. The molecule has 0 bridgehead atoms. The van der Waals surface area contributed by atoms with Crippen LogP contribution in [0.3, 0.4) is 0 Å². The molecule has 0 atom stereocenters. The Balaban J connectivity index is 1.73. The number of nitro benzene ring substituents is 1. The summed E-state index contributed by atoms with van der Waals surface area (Å²) in [5.41, 5.74) is 4.45. The van der Waals surface area contributed by atoms with Crippen LogP contribution in [0.5, 0.6) is 0 Å². The summed E-state index contributed by atoms with van der Waals surface area (Å²) < 4.78 is 0. The molecule has 0 saturated carbocycles. The first-order chi connectivity index (χ1) is 11.2. The van der Waals surface area contributed by atoms with Crippen LogP contribution in [0.1, 0.15) is 22.4 Å². The Bertz CT molecular complexity index is 802. The van der Waals surface area contributed by atoms with E-state index in [1.54, 1.807) is 30.7 Å². The predicted molar refractivity (Wildman–Crippen MR) is 87.2 cm³/mol. The molecule has 3 aromatic rings. The van der Waals surface area contributed by atoms with Crippen molar-refractivity contribution in [2.75, 3.05) is 0 Å². The van der Waals surface area contributed by atoms with Crippen molar-refractivity contribution in [3.05, 3.63) is 99.6 Å². The van der Waals surface area contributed by atoms with E-state index in [-0.39, 0.29) is 10.6 Å². The fourth-order valence-electron chi connectivity index (χ4n) is 2.42. The Kier molecular flexibility index (Phi) is 4.38. The summed E-state index contributed by atoms with van der Waals surface area (Å²) in [4.78, 5) is 18.7. The van der Waals surface area contributed by atoms with Crippen LogP contribution in [0.2, 0.25) is 0 Å². The Morgan fingerprint density at radius 3 is 2.17 bits per heavy atom. The molecule has 0 aliphatic carbocycles. The highest BCUT2D eigenvalue weighted by molar-refractivity contribution is 5.35. The van der Waals surface area contributed by atoms with Gasteiger partial charge in [0.1, 0.15) is 0 Å². The van der Waals surface area contributed by atoms with Crippen LogP contribution in [0.4, 0.5) is 5.69 Å². The molecule has 0 fully saturated rings. The number of rotatable bonds is 5. The summed E-state index contributed by atoms with van der Waals surface area (Å²) in [7, 11) is 0. The third-order valence-electron chi connectivity index (χ3n) is 3.57. The molecule has 114 valence electrons. The fourth-order valence-corrected chi connectivity index (χ4v) is 2.42. The second-order valence-electron chi connectivity index (χ2n) is 5.29. The minimum absolute atomic E-state index is 0.113. The summed E-state index contributed by atoms with van der Waals surface area (Å²) in [6, 6.07) is 14.7. The zero-order valence-corrected chi connectivity index (χ0v) is 12.4. The summed E-state index contributed by atoms with van der Waals surface area (Å²) in [5.74, 6) is 0. The molecule has 23 heavy (non-hydrogen) atoms. The first-order valence-electron chi connectivity index (χ1n) is 7.27. The van der Waals surface area contributed by atoms with E-state index in [9.17, 15) is 10.1 Å². The maximum atomic E-state index is 10.7. The predicted octanol–water partition coefficient (Wildman–Crippen LogP) is 3.57. The van der Waals surface area contributed by atoms with Crippen molar-refractivity contribution in [1.82, 2.24) is 9.97 Å². The summed E-state index contributed by atoms with van der Waals surface area (Å²) >= 11 is 0. The van der Waals surface area contributed by atoms with Gasteiger partial charge >= 0.3 is 0 Å². The first-order valence-corrected chi connectivity index (χ1v) is 7.27. The van der Waals surface area contributed by atoms with Crippen LogP contribution < -0.4 is 0 Å². The molecule has 0 amide bonds. The Morgan fingerprint density at radius 1 is 0.826 bits per heavy atom. The zero-order valence-electron chi connectivity index (χ0n) is 12.4. The zero-order chi connectivity index (χ0) is 16.1. The van der Waals surface area contributed by atoms with E-state index in [1.807, 2.05) is 18.2 Å². The van der Waals surface area contributed by atoms with Crippen molar-refractivity contribution in [2.24, 2.45) is 0 Å². The van der Waals surface area contributed by atoms with Crippen molar-refractivity contribution >= 4 is 5.69 Å². The Labute approximate surface area is 133 Å². The van der Waals surface area contributed by atoms with E-state index in [2.05, 4.69) is 16.0 Å². The van der Waals surface area contributed by atoms with E-state index in [1.165, 1.54) is 17.7 Å². The number of nitrogens with zero attached hydrogens (tertiary/aromatic N) is 3. The normalized spacial score (nSPS) is 10.4. The average Bonchev–Trinajstić information content (AvgIpc) is 2.57. The van der Waals surface area contributed by atoms with Crippen molar-refractivity contribution in [3.63, 3.8) is 0 Å². The van der Waals surface area contributed by atoms with Crippen LogP contribution in [0.15, 0.2) is 67.1 Å². The Morgan fingerprint density at radius 2 is 1.48 bits per heavy atom. The van der Waals surface area contributed by atoms with E-state index in [4.69, 9.17) is 0 Å². The van der Waals surface area contributed by atoms with Gasteiger partial charge in [0, 0.05) is 42.8 Å². The molecule has 2 heterocycles. The second kappa shape index (κ2) is 6.79. The summed E-state index contributed by atoms with van der Waals surface area (Å²) in [6.07, 6.45) is 6.84. The summed E-state index contributed by atoms with van der Waals surface area (Å²) in [5, 5.41) is 10.7. The largest absolute Gasteiger partial charge is 0.269 e. The van der Waals surface area contributed by atoms with Gasteiger partial charge in [-0.3, -0.25) is 20.1 Å². The highest BCUT2D eigenvalue weighted by Crippen LogP contribution is 2.16. The molecule has 2 aromatic heterocycles. The van der Waals surface area contributed by atoms with Gasteiger partial charge in [-0.25, -0.2) is 0 Å². The lowest BCUT2D eigenvalue weighted by atomic mass is 10.0. The number of hydrogen-bond donors (Lipinski definition) is 0. The maximum Gasteiger partial charge on any atom is 0.269 e. The summed E-state index contributed by atoms with van der Waals surface area (Å²) in [6.45, 7) is 0. The van der Waals surface area contributed by atoms with E-state index < -0.39 is 0 Å². The van der Waals surface area contributed by atoms with Crippen molar-refractivity contribution < 1.29 is 4.92 Å². The quantitative estimate of drug-likeness (QED) is 0.534. The average molecular weight is 305 g/mol. The number of hydrogen-bond acceptors (Lipinski definition) is 4. The monoisotopic (exact) mass is 305 g/mol. The molecule has 0 aliphatic rings. The molecule has 5 nitrogen and oxygen atoms in total. The van der Waals surface area contributed by atoms with Crippen LogP contribution in [-0.2, 0) is 12.8 Å². The van der Waals surface area contributed by atoms with Crippen LogP contribution in [0, 0.1) is 10.1 Å². The van der Waals surface area contributed by atoms with Gasteiger partial charge in [-0.2, -0.15) is 0 Å².